The van der Waals surface area contributed by atoms with E-state index in [4.69, 9.17) is 4.74 Å². The number of benzene rings is 1. The Bertz CT molecular complexity index is 827. The second-order valence-electron chi connectivity index (χ2n) is 7.70. The number of nitrogens with zero attached hydrogens (tertiary/aromatic N) is 4. The zero-order chi connectivity index (χ0) is 19.6. The van der Waals surface area contributed by atoms with Crippen molar-refractivity contribution in [3.63, 3.8) is 0 Å². The van der Waals surface area contributed by atoms with Gasteiger partial charge in [0.15, 0.2) is 0 Å². The molecular formula is C21H25FN4O2. The molecule has 1 amide bonds. The van der Waals surface area contributed by atoms with Crippen LogP contribution in [-0.4, -0.2) is 52.6 Å². The number of rotatable bonds is 3. The molecule has 1 spiro atoms. The summed E-state index contributed by atoms with van der Waals surface area (Å²) in [6, 6.07) is 6.10. The van der Waals surface area contributed by atoms with Crippen molar-refractivity contribution in [2.75, 3.05) is 31.1 Å². The van der Waals surface area contributed by atoms with E-state index in [1.54, 1.807) is 17.0 Å². The lowest BCUT2D eigenvalue weighted by atomic mass is 9.92. The van der Waals surface area contributed by atoms with Gasteiger partial charge in [0.1, 0.15) is 18.2 Å². The fraction of sp³-hybridized carbons (Fsp3) is 0.476. The van der Waals surface area contributed by atoms with Crippen LogP contribution in [0.5, 0.6) is 0 Å². The number of halogens is 1. The van der Waals surface area contributed by atoms with E-state index in [1.807, 2.05) is 19.3 Å². The van der Waals surface area contributed by atoms with Crippen molar-refractivity contribution in [2.24, 2.45) is 0 Å². The van der Waals surface area contributed by atoms with E-state index >= 15 is 0 Å². The normalized spacial score (nSPS) is 23.8. The SMILES string of the molecule is Cc1ncc(CN2CCCC3(CC2)CN(c2ccc(F)cc2)C(=O)CO3)cn1. The first kappa shape index (κ1) is 19.0. The summed E-state index contributed by atoms with van der Waals surface area (Å²) in [5, 5.41) is 0. The fourth-order valence-electron chi connectivity index (χ4n) is 4.01. The molecule has 148 valence electrons. The van der Waals surface area contributed by atoms with E-state index in [9.17, 15) is 9.18 Å². The first-order chi connectivity index (χ1) is 13.5. The Kier molecular flexibility index (Phi) is 5.37. The molecule has 7 heteroatoms. The van der Waals surface area contributed by atoms with Crippen LogP contribution in [0.25, 0.3) is 0 Å². The van der Waals surface area contributed by atoms with Gasteiger partial charge in [-0.05, 0) is 57.0 Å². The van der Waals surface area contributed by atoms with E-state index in [-0.39, 0.29) is 23.9 Å². The van der Waals surface area contributed by atoms with Crippen LogP contribution in [0.2, 0.25) is 0 Å². The van der Waals surface area contributed by atoms with Crippen molar-refractivity contribution in [3.8, 4) is 0 Å². The van der Waals surface area contributed by atoms with Crippen molar-refractivity contribution in [2.45, 2.75) is 38.3 Å². The van der Waals surface area contributed by atoms with Gasteiger partial charge in [0.25, 0.3) is 5.91 Å². The molecule has 3 heterocycles. The van der Waals surface area contributed by atoms with Crippen molar-refractivity contribution < 1.29 is 13.9 Å². The molecule has 0 N–H and O–H groups in total. The number of aryl methyl sites for hydroxylation is 1. The first-order valence-corrected chi connectivity index (χ1v) is 9.73. The standard InChI is InChI=1S/C21H25FN4O2/c1-16-23-11-17(12-24-16)13-25-9-2-7-21(8-10-25)15-26(20(27)14-28-21)19-5-3-18(22)4-6-19/h3-6,11-12H,2,7-10,13-15H2,1H3. The maximum absolute atomic E-state index is 13.3. The highest BCUT2D eigenvalue weighted by atomic mass is 19.1. The van der Waals surface area contributed by atoms with Crippen LogP contribution < -0.4 is 4.90 Å². The number of likely N-dealkylation sites (tertiary alicyclic amines) is 1. The molecule has 0 bridgehead atoms. The van der Waals surface area contributed by atoms with Crippen LogP contribution >= 0.6 is 0 Å². The van der Waals surface area contributed by atoms with Gasteiger partial charge in [-0.2, -0.15) is 0 Å². The van der Waals surface area contributed by atoms with Crippen molar-refractivity contribution in [1.82, 2.24) is 14.9 Å². The Balaban J connectivity index is 1.43. The highest BCUT2D eigenvalue weighted by Gasteiger charge is 2.41. The fourth-order valence-corrected chi connectivity index (χ4v) is 4.01. The Morgan fingerprint density at radius 2 is 1.89 bits per heavy atom. The van der Waals surface area contributed by atoms with Crippen LogP contribution in [-0.2, 0) is 16.1 Å². The minimum absolute atomic E-state index is 0.0726. The van der Waals surface area contributed by atoms with Crippen molar-refractivity contribution >= 4 is 11.6 Å². The third kappa shape index (κ3) is 4.20. The topological polar surface area (TPSA) is 58.6 Å². The number of hydrogen-bond donors (Lipinski definition) is 0. The summed E-state index contributed by atoms with van der Waals surface area (Å²) in [6.07, 6.45) is 6.52. The predicted molar refractivity (Wildman–Crippen MR) is 103 cm³/mol. The van der Waals surface area contributed by atoms with Gasteiger partial charge in [-0.1, -0.05) is 0 Å². The molecule has 4 rings (SSSR count). The van der Waals surface area contributed by atoms with Gasteiger partial charge in [0, 0.05) is 36.7 Å². The summed E-state index contributed by atoms with van der Waals surface area (Å²) in [4.78, 5) is 25.1. The van der Waals surface area contributed by atoms with E-state index in [0.29, 0.717) is 6.54 Å². The third-order valence-corrected chi connectivity index (χ3v) is 5.62. The summed E-state index contributed by atoms with van der Waals surface area (Å²) in [7, 11) is 0. The van der Waals surface area contributed by atoms with Crippen LogP contribution in [0.3, 0.4) is 0 Å². The second-order valence-corrected chi connectivity index (χ2v) is 7.70. The smallest absolute Gasteiger partial charge is 0.253 e. The molecule has 28 heavy (non-hydrogen) atoms. The summed E-state index contributed by atoms with van der Waals surface area (Å²) in [5.41, 5.74) is 1.49. The summed E-state index contributed by atoms with van der Waals surface area (Å²) in [6.45, 7) is 5.15. The zero-order valence-corrected chi connectivity index (χ0v) is 16.1. The number of morpholine rings is 1. The average Bonchev–Trinajstić information content (AvgIpc) is 2.89. The van der Waals surface area contributed by atoms with Gasteiger partial charge in [0.05, 0.1) is 12.1 Å². The number of hydrogen-bond acceptors (Lipinski definition) is 5. The number of amides is 1. The second kappa shape index (κ2) is 7.93. The molecule has 0 radical (unpaired) electrons. The van der Waals surface area contributed by atoms with Gasteiger partial charge in [-0.15, -0.1) is 0 Å². The minimum atomic E-state index is -0.346. The molecular weight excluding hydrogens is 359 g/mol. The molecule has 6 nitrogen and oxygen atoms in total. The Morgan fingerprint density at radius 1 is 1.14 bits per heavy atom. The molecule has 2 aliphatic heterocycles. The lowest BCUT2D eigenvalue weighted by Gasteiger charge is -2.42. The quantitative estimate of drug-likeness (QED) is 0.814. The maximum Gasteiger partial charge on any atom is 0.253 e. The Hall–Kier alpha value is -2.38. The third-order valence-electron chi connectivity index (χ3n) is 5.62. The monoisotopic (exact) mass is 384 g/mol. The lowest BCUT2D eigenvalue weighted by molar-refractivity contribution is -0.140. The highest BCUT2D eigenvalue weighted by Crippen LogP contribution is 2.33. The van der Waals surface area contributed by atoms with Crippen molar-refractivity contribution in [3.05, 3.63) is 53.9 Å². The van der Waals surface area contributed by atoms with E-state index < -0.39 is 0 Å². The van der Waals surface area contributed by atoms with Gasteiger partial charge >= 0.3 is 0 Å². The lowest BCUT2D eigenvalue weighted by Crippen LogP contribution is -2.55. The molecule has 2 saturated heterocycles. The number of carbonyl (C=O) groups is 1. The Labute approximate surface area is 164 Å². The first-order valence-electron chi connectivity index (χ1n) is 9.73. The molecule has 2 aliphatic rings. The largest absolute Gasteiger partial charge is 0.363 e. The molecule has 2 aromatic rings. The molecule has 1 aromatic heterocycles. The molecule has 0 saturated carbocycles. The van der Waals surface area contributed by atoms with E-state index in [0.717, 1.165) is 56.0 Å². The molecule has 0 aliphatic carbocycles. The summed E-state index contributed by atoms with van der Waals surface area (Å²) < 4.78 is 19.3. The maximum atomic E-state index is 13.3. The number of ether oxygens (including phenoxy) is 1. The predicted octanol–water partition coefficient (Wildman–Crippen LogP) is 2.71. The van der Waals surface area contributed by atoms with Gasteiger partial charge in [0.2, 0.25) is 0 Å². The van der Waals surface area contributed by atoms with Crippen molar-refractivity contribution in [1.29, 1.82) is 0 Å². The van der Waals surface area contributed by atoms with Crippen LogP contribution in [0, 0.1) is 12.7 Å². The Morgan fingerprint density at radius 3 is 2.64 bits per heavy atom. The molecule has 1 aromatic carbocycles. The number of aromatic nitrogens is 2. The summed E-state index contributed by atoms with van der Waals surface area (Å²) >= 11 is 0. The highest BCUT2D eigenvalue weighted by molar-refractivity contribution is 5.95. The van der Waals surface area contributed by atoms with Gasteiger partial charge in [-0.25, -0.2) is 14.4 Å². The molecule has 2 fully saturated rings. The average molecular weight is 384 g/mol. The van der Waals surface area contributed by atoms with Crippen LogP contribution in [0.1, 0.15) is 30.7 Å². The minimum Gasteiger partial charge on any atom is -0.363 e. The number of carbonyl (C=O) groups excluding carboxylic acids is 1. The zero-order valence-electron chi connectivity index (χ0n) is 16.1. The van der Waals surface area contributed by atoms with Crippen LogP contribution in [0.4, 0.5) is 10.1 Å². The van der Waals surface area contributed by atoms with Crippen LogP contribution in [0.15, 0.2) is 36.7 Å². The molecule has 1 atom stereocenters. The van der Waals surface area contributed by atoms with Gasteiger partial charge in [-0.3, -0.25) is 9.69 Å². The van der Waals surface area contributed by atoms with Gasteiger partial charge < -0.3 is 9.64 Å². The van der Waals surface area contributed by atoms with E-state index in [1.165, 1.54) is 12.1 Å². The summed E-state index contributed by atoms with van der Waals surface area (Å²) in [5.74, 6) is 0.402. The number of anilines is 1. The van der Waals surface area contributed by atoms with E-state index in [2.05, 4.69) is 14.9 Å². The molecule has 1 unspecified atom stereocenters.